The minimum absolute atomic E-state index is 0.325. The number of hydrogen-bond acceptors (Lipinski definition) is 3. The summed E-state index contributed by atoms with van der Waals surface area (Å²) in [6.45, 7) is 9.07. The van der Waals surface area contributed by atoms with Crippen LogP contribution in [0, 0.1) is 6.92 Å². The highest BCUT2D eigenvalue weighted by molar-refractivity contribution is 7.92. The van der Waals surface area contributed by atoms with E-state index in [1.807, 2.05) is 39.8 Å². The molecule has 0 fully saturated rings. The number of sulfonamides is 1. The lowest BCUT2D eigenvalue weighted by Gasteiger charge is -2.31. The molecule has 21 heavy (non-hydrogen) atoms. The fraction of sp³-hybridized carbons (Fsp3) is 0.533. The molecule has 0 spiro atoms. The monoisotopic (exact) mass is 312 g/mol. The molecule has 5 nitrogen and oxygen atoms in total. The molecule has 0 aliphatic heterocycles. The van der Waals surface area contributed by atoms with Crippen LogP contribution in [0.25, 0.3) is 0 Å². The van der Waals surface area contributed by atoms with Gasteiger partial charge in [-0.2, -0.15) is 0 Å². The van der Waals surface area contributed by atoms with Gasteiger partial charge in [-0.1, -0.05) is 17.7 Å². The third-order valence-electron chi connectivity index (χ3n) is 2.88. The zero-order valence-corrected chi connectivity index (χ0v) is 14.3. The van der Waals surface area contributed by atoms with E-state index in [1.54, 1.807) is 19.1 Å². The lowest BCUT2D eigenvalue weighted by atomic mass is 10.1. The third kappa shape index (κ3) is 5.04. The van der Waals surface area contributed by atoms with Crippen molar-refractivity contribution in [3.05, 3.63) is 29.8 Å². The van der Waals surface area contributed by atoms with Gasteiger partial charge < -0.3 is 5.32 Å². The van der Waals surface area contributed by atoms with Crippen molar-refractivity contribution < 1.29 is 13.2 Å². The van der Waals surface area contributed by atoms with Crippen LogP contribution in [0.3, 0.4) is 0 Å². The van der Waals surface area contributed by atoms with Gasteiger partial charge in [0, 0.05) is 5.54 Å². The summed E-state index contributed by atoms with van der Waals surface area (Å²) in [5.74, 6) is -0.325. The fourth-order valence-corrected chi connectivity index (χ4v) is 3.15. The lowest BCUT2D eigenvalue weighted by molar-refractivity contribution is -0.123. The van der Waals surface area contributed by atoms with E-state index < -0.39 is 21.6 Å². The van der Waals surface area contributed by atoms with E-state index in [4.69, 9.17) is 0 Å². The van der Waals surface area contributed by atoms with Crippen LogP contribution in [0.4, 0.5) is 5.69 Å². The minimum atomic E-state index is -3.56. The van der Waals surface area contributed by atoms with Crippen LogP contribution in [-0.4, -0.2) is 32.2 Å². The average molecular weight is 312 g/mol. The molecule has 0 heterocycles. The first-order valence-electron chi connectivity index (χ1n) is 6.80. The highest BCUT2D eigenvalue weighted by Crippen LogP contribution is 2.21. The van der Waals surface area contributed by atoms with Gasteiger partial charge in [-0.3, -0.25) is 9.10 Å². The second kappa shape index (κ2) is 6.05. The van der Waals surface area contributed by atoms with Gasteiger partial charge in [-0.25, -0.2) is 8.42 Å². The topological polar surface area (TPSA) is 66.5 Å². The molecule has 6 heteroatoms. The summed E-state index contributed by atoms with van der Waals surface area (Å²) in [7, 11) is -3.56. The molecule has 1 amide bonds. The van der Waals surface area contributed by atoms with Crippen LogP contribution in [0.1, 0.15) is 33.3 Å². The van der Waals surface area contributed by atoms with Crippen molar-refractivity contribution in [2.45, 2.75) is 46.2 Å². The quantitative estimate of drug-likeness (QED) is 0.925. The van der Waals surface area contributed by atoms with Gasteiger partial charge in [0.25, 0.3) is 0 Å². The number of benzene rings is 1. The standard InChI is InChI=1S/C15H24N2O3S/c1-11-7-9-13(10-8-11)17(21(6,19)20)12(2)14(18)16-15(3,4)5/h7-10,12H,1-6H3,(H,16,18)/t12-/m0/s1. The predicted molar refractivity (Wildman–Crippen MR) is 85.9 cm³/mol. The largest absolute Gasteiger partial charge is 0.350 e. The van der Waals surface area contributed by atoms with Crippen LogP contribution in [0.5, 0.6) is 0 Å². The molecule has 0 saturated heterocycles. The van der Waals surface area contributed by atoms with Crippen molar-refractivity contribution in [1.82, 2.24) is 5.32 Å². The fourth-order valence-electron chi connectivity index (χ4n) is 1.97. The lowest BCUT2D eigenvalue weighted by Crippen LogP contribution is -2.52. The molecule has 0 aromatic heterocycles. The maximum Gasteiger partial charge on any atom is 0.244 e. The Morgan fingerprint density at radius 1 is 1.19 bits per heavy atom. The Kier molecular flexibility index (Phi) is 5.04. The number of amides is 1. The minimum Gasteiger partial charge on any atom is -0.350 e. The van der Waals surface area contributed by atoms with Gasteiger partial charge in [-0.15, -0.1) is 0 Å². The van der Waals surface area contributed by atoms with Crippen LogP contribution in [0.15, 0.2) is 24.3 Å². The molecule has 0 bridgehead atoms. The smallest absolute Gasteiger partial charge is 0.244 e. The summed E-state index contributed by atoms with van der Waals surface area (Å²) in [6.07, 6.45) is 1.10. The van der Waals surface area contributed by atoms with E-state index in [-0.39, 0.29) is 5.91 Å². The number of carbonyl (C=O) groups excluding carboxylic acids is 1. The summed E-state index contributed by atoms with van der Waals surface area (Å²) >= 11 is 0. The molecule has 0 radical (unpaired) electrons. The molecule has 1 aromatic rings. The van der Waals surface area contributed by atoms with Crippen molar-refractivity contribution in [2.24, 2.45) is 0 Å². The van der Waals surface area contributed by atoms with Crippen molar-refractivity contribution in [3.8, 4) is 0 Å². The summed E-state index contributed by atoms with van der Waals surface area (Å²) in [6, 6.07) is 6.24. The number of carbonyl (C=O) groups is 1. The number of anilines is 1. The van der Waals surface area contributed by atoms with Gasteiger partial charge in [-0.05, 0) is 46.8 Å². The Morgan fingerprint density at radius 3 is 2.05 bits per heavy atom. The Bertz CT molecular complexity index is 601. The molecule has 1 N–H and O–H groups in total. The van der Waals surface area contributed by atoms with E-state index >= 15 is 0 Å². The van der Waals surface area contributed by atoms with Crippen LogP contribution in [-0.2, 0) is 14.8 Å². The number of aryl methyl sites for hydroxylation is 1. The van der Waals surface area contributed by atoms with Crippen molar-refractivity contribution in [1.29, 1.82) is 0 Å². The van der Waals surface area contributed by atoms with E-state index in [9.17, 15) is 13.2 Å². The zero-order chi connectivity index (χ0) is 16.4. The predicted octanol–water partition coefficient (Wildman–Crippen LogP) is 2.06. The normalized spacial score (nSPS) is 13.6. The SMILES string of the molecule is Cc1ccc(N([C@@H](C)C(=O)NC(C)(C)C)S(C)(=O)=O)cc1. The van der Waals surface area contributed by atoms with Crippen LogP contribution in [0.2, 0.25) is 0 Å². The first-order valence-corrected chi connectivity index (χ1v) is 8.65. The van der Waals surface area contributed by atoms with Gasteiger partial charge >= 0.3 is 0 Å². The molecule has 0 aliphatic rings. The highest BCUT2D eigenvalue weighted by atomic mass is 32.2. The van der Waals surface area contributed by atoms with Crippen molar-refractivity contribution >= 4 is 21.6 Å². The molecule has 0 unspecified atom stereocenters. The molecule has 1 atom stereocenters. The van der Waals surface area contributed by atoms with Gasteiger partial charge in [0.15, 0.2) is 0 Å². The van der Waals surface area contributed by atoms with E-state index in [2.05, 4.69) is 5.32 Å². The molecule has 118 valence electrons. The Labute approximate surface area is 127 Å². The second-order valence-corrected chi connectivity index (χ2v) is 8.17. The summed E-state index contributed by atoms with van der Waals surface area (Å²) < 4.78 is 25.3. The summed E-state index contributed by atoms with van der Waals surface area (Å²) in [4.78, 5) is 12.3. The molecule has 0 saturated carbocycles. The number of rotatable bonds is 4. The van der Waals surface area contributed by atoms with Gasteiger partial charge in [0.05, 0.1) is 11.9 Å². The van der Waals surface area contributed by atoms with Crippen LogP contribution < -0.4 is 9.62 Å². The maximum atomic E-state index is 12.3. The Balaban J connectivity index is 3.15. The number of nitrogens with zero attached hydrogens (tertiary/aromatic N) is 1. The highest BCUT2D eigenvalue weighted by Gasteiger charge is 2.30. The zero-order valence-electron chi connectivity index (χ0n) is 13.5. The van der Waals surface area contributed by atoms with Gasteiger partial charge in [0.1, 0.15) is 6.04 Å². The molecular weight excluding hydrogens is 288 g/mol. The van der Waals surface area contributed by atoms with Crippen molar-refractivity contribution in [2.75, 3.05) is 10.6 Å². The van der Waals surface area contributed by atoms with E-state index in [0.29, 0.717) is 5.69 Å². The molecule has 0 aliphatic carbocycles. The van der Waals surface area contributed by atoms with Gasteiger partial charge in [0.2, 0.25) is 15.9 Å². The van der Waals surface area contributed by atoms with E-state index in [0.717, 1.165) is 16.1 Å². The first-order chi connectivity index (χ1) is 9.42. The maximum absolute atomic E-state index is 12.3. The first kappa shape index (κ1) is 17.5. The molecule has 1 rings (SSSR count). The molecular formula is C15H24N2O3S. The summed E-state index contributed by atoms with van der Waals surface area (Å²) in [5, 5.41) is 2.81. The van der Waals surface area contributed by atoms with Crippen LogP contribution >= 0.6 is 0 Å². The number of hydrogen-bond donors (Lipinski definition) is 1. The van der Waals surface area contributed by atoms with Crippen molar-refractivity contribution in [3.63, 3.8) is 0 Å². The summed E-state index contributed by atoms with van der Waals surface area (Å²) in [5.41, 5.74) is 1.10. The van der Waals surface area contributed by atoms with E-state index in [1.165, 1.54) is 0 Å². The Morgan fingerprint density at radius 2 is 1.67 bits per heavy atom. The molecule has 1 aromatic carbocycles. The Hall–Kier alpha value is -1.56. The number of nitrogens with one attached hydrogen (secondary N) is 1. The third-order valence-corrected chi connectivity index (χ3v) is 4.12. The second-order valence-electron chi connectivity index (χ2n) is 6.31. The average Bonchev–Trinajstić information content (AvgIpc) is 2.27.